The molecule has 3 amide bonds. The number of hydrogen-bond acceptors (Lipinski definition) is 4. The highest BCUT2D eigenvalue weighted by Gasteiger charge is 2.48. The molecule has 1 heterocycles. The van der Waals surface area contributed by atoms with Crippen molar-refractivity contribution in [2.75, 3.05) is 13.2 Å². The average Bonchev–Trinajstić information content (AvgIpc) is 2.89. The molecule has 0 aliphatic carbocycles. The SMILES string of the molecule is CC1(c2ccc(Cl)cc2)NC(=O)N(CCCOc2cccc(C#N)c2)C1=O. The van der Waals surface area contributed by atoms with E-state index in [0.29, 0.717) is 34.9 Å². The van der Waals surface area contributed by atoms with Crippen molar-refractivity contribution in [3.63, 3.8) is 0 Å². The van der Waals surface area contributed by atoms with Crippen molar-refractivity contribution < 1.29 is 14.3 Å². The summed E-state index contributed by atoms with van der Waals surface area (Å²) in [7, 11) is 0. The summed E-state index contributed by atoms with van der Waals surface area (Å²) in [4.78, 5) is 26.3. The Balaban J connectivity index is 1.59. The van der Waals surface area contributed by atoms with Crippen LogP contribution in [0.15, 0.2) is 48.5 Å². The molecule has 7 heteroatoms. The lowest BCUT2D eigenvalue weighted by Gasteiger charge is -2.22. The predicted molar refractivity (Wildman–Crippen MR) is 100 cm³/mol. The number of nitrogens with zero attached hydrogens (tertiary/aromatic N) is 2. The molecule has 27 heavy (non-hydrogen) atoms. The fourth-order valence-corrected chi connectivity index (χ4v) is 3.07. The predicted octanol–water partition coefficient (Wildman–Crippen LogP) is 3.45. The first-order valence-corrected chi connectivity index (χ1v) is 8.85. The number of halogens is 1. The summed E-state index contributed by atoms with van der Waals surface area (Å²) in [5.74, 6) is 0.276. The van der Waals surface area contributed by atoms with Gasteiger partial charge < -0.3 is 10.1 Å². The molecular weight excluding hydrogens is 366 g/mol. The van der Waals surface area contributed by atoms with Gasteiger partial charge in [0.25, 0.3) is 5.91 Å². The largest absolute Gasteiger partial charge is 0.493 e. The van der Waals surface area contributed by atoms with Gasteiger partial charge >= 0.3 is 6.03 Å². The third kappa shape index (κ3) is 3.88. The fourth-order valence-electron chi connectivity index (χ4n) is 2.95. The minimum absolute atomic E-state index is 0.242. The molecule has 3 rings (SSSR count). The van der Waals surface area contributed by atoms with Crippen molar-refractivity contribution >= 4 is 23.5 Å². The van der Waals surface area contributed by atoms with Crippen LogP contribution in [-0.2, 0) is 10.3 Å². The van der Waals surface area contributed by atoms with Gasteiger partial charge in [-0.3, -0.25) is 9.69 Å². The first kappa shape index (κ1) is 18.7. The van der Waals surface area contributed by atoms with Gasteiger partial charge in [0.1, 0.15) is 11.3 Å². The third-order valence-corrected chi connectivity index (χ3v) is 4.71. The maximum Gasteiger partial charge on any atom is 0.325 e. The summed E-state index contributed by atoms with van der Waals surface area (Å²) in [6, 6.07) is 15.3. The number of amides is 3. The molecule has 2 aromatic carbocycles. The van der Waals surface area contributed by atoms with Crippen LogP contribution in [0.1, 0.15) is 24.5 Å². The van der Waals surface area contributed by atoms with Gasteiger partial charge in [-0.05, 0) is 49.2 Å². The Bertz CT molecular complexity index is 907. The maximum atomic E-state index is 12.8. The molecule has 1 N–H and O–H groups in total. The molecule has 0 spiro atoms. The quantitative estimate of drug-likeness (QED) is 0.611. The lowest BCUT2D eigenvalue weighted by Crippen LogP contribution is -2.41. The zero-order valence-corrected chi connectivity index (χ0v) is 15.5. The Morgan fingerprint density at radius 1 is 1.22 bits per heavy atom. The molecule has 1 atom stereocenters. The first-order chi connectivity index (χ1) is 12.9. The second kappa shape index (κ2) is 7.68. The lowest BCUT2D eigenvalue weighted by atomic mass is 9.92. The van der Waals surface area contributed by atoms with Crippen molar-refractivity contribution in [1.82, 2.24) is 10.2 Å². The van der Waals surface area contributed by atoms with Crippen LogP contribution in [0.3, 0.4) is 0 Å². The standard InChI is InChI=1S/C20H18ClN3O3/c1-20(15-6-8-16(21)9-7-15)18(25)24(19(26)23-20)10-3-11-27-17-5-2-4-14(12-17)13-22/h2,4-9,12H,3,10-11H2,1H3,(H,23,26). The van der Waals surface area contributed by atoms with E-state index in [2.05, 4.69) is 5.32 Å². The molecule has 2 aromatic rings. The topological polar surface area (TPSA) is 82.4 Å². The van der Waals surface area contributed by atoms with E-state index in [4.69, 9.17) is 21.6 Å². The number of carbonyl (C=O) groups is 2. The highest BCUT2D eigenvalue weighted by molar-refractivity contribution is 6.30. The molecule has 1 saturated heterocycles. The van der Waals surface area contributed by atoms with Crippen LogP contribution >= 0.6 is 11.6 Å². The van der Waals surface area contributed by atoms with E-state index in [1.165, 1.54) is 4.90 Å². The van der Waals surface area contributed by atoms with Crippen LogP contribution < -0.4 is 10.1 Å². The summed E-state index contributed by atoms with van der Waals surface area (Å²) in [6.07, 6.45) is 0.479. The van der Waals surface area contributed by atoms with Crippen LogP contribution in [0.25, 0.3) is 0 Å². The van der Waals surface area contributed by atoms with E-state index in [1.54, 1.807) is 55.5 Å². The third-order valence-electron chi connectivity index (χ3n) is 4.45. The molecule has 0 saturated carbocycles. The number of carbonyl (C=O) groups excluding carboxylic acids is 2. The number of ether oxygens (including phenoxy) is 1. The normalized spacial score (nSPS) is 18.9. The van der Waals surface area contributed by atoms with E-state index in [0.717, 1.165) is 0 Å². The van der Waals surface area contributed by atoms with E-state index in [1.807, 2.05) is 6.07 Å². The van der Waals surface area contributed by atoms with Crippen LogP contribution in [0.2, 0.25) is 5.02 Å². The van der Waals surface area contributed by atoms with Crippen molar-refractivity contribution in [2.45, 2.75) is 18.9 Å². The number of rotatable bonds is 6. The maximum absolute atomic E-state index is 12.8. The van der Waals surface area contributed by atoms with Crippen LogP contribution in [0, 0.1) is 11.3 Å². The smallest absolute Gasteiger partial charge is 0.325 e. The molecule has 0 bridgehead atoms. The fraction of sp³-hybridized carbons (Fsp3) is 0.250. The number of imide groups is 1. The second-order valence-electron chi connectivity index (χ2n) is 6.36. The van der Waals surface area contributed by atoms with E-state index in [-0.39, 0.29) is 12.5 Å². The minimum atomic E-state index is -1.11. The van der Waals surface area contributed by atoms with Crippen LogP contribution in [0.4, 0.5) is 4.79 Å². The molecule has 1 aliphatic heterocycles. The molecular formula is C20H18ClN3O3. The molecule has 1 fully saturated rings. The molecule has 6 nitrogen and oxygen atoms in total. The highest BCUT2D eigenvalue weighted by atomic mass is 35.5. The van der Waals surface area contributed by atoms with Crippen LogP contribution in [-0.4, -0.2) is 30.0 Å². The Morgan fingerprint density at radius 2 is 1.96 bits per heavy atom. The highest BCUT2D eigenvalue weighted by Crippen LogP contribution is 2.29. The Hall–Kier alpha value is -3.04. The molecule has 0 radical (unpaired) electrons. The van der Waals surface area contributed by atoms with Gasteiger partial charge in [-0.1, -0.05) is 29.8 Å². The van der Waals surface area contributed by atoms with Crippen molar-refractivity contribution in [3.05, 3.63) is 64.7 Å². The average molecular weight is 384 g/mol. The van der Waals surface area contributed by atoms with Crippen LogP contribution in [0.5, 0.6) is 5.75 Å². The van der Waals surface area contributed by atoms with Gasteiger partial charge in [-0.15, -0.1) is 0 Å². The number of urea groups is 1. The monoisotopic (exact) mass is 383 g/mol. The summed E-state index contributed by atoms with van der Waals surface area (Å²) in [5.41, 5.74) is 0.0848. The summed E-state index contributed by atoms with van der Waals surface area (Å²) < 4.78 is 5.59. The van der Waals surface area contributed by atoms with Crippen molar-refractivity contribution in [1.29, 1.82) is 5.26 Å². The molecule has 1 unspecified atom stereocenters. The number of hydrogen-bond donors (Lipinski definition) is 1. The van der Waals surface area contributed by atoms with Gasteiger partial charge in [0, 0.05) is 11.6 Å². The molecule has 0 aromatic heterocycles. The Kier molecular flexibility index (Phi) is 5.33. The summed E-state index contributed by atoms with van der Waals surface area (Å²) >= 11 is 5.90. The lowest BCUT2D eigenvalue weighted by molar-refractivity contribution is -0.131. The molecule has 1 aliphatic rings. The zero-order valence-electron chi connectivity index (χ0n) is 14.7. The molecule has 138 valence electrons. The Morgan fingerprint density at radius 3 is 2.67 bits per heavy atom. The summed E-state index contributed by atoms with van der Waals surface area (Å²) in [6.45, 7) is 2.25. The zero-order chi connectivity index (χ0) is 19.4. The van der Waals surface area contributed by atoms with Gasteiger partial charge in [0.05, 0.1) is 18.2 Å². The van der Waals surface area contributed by atoms with Crippen molar-refractivity contribution in [3.8, 4) is 11.8 Å². The van der Waals surface area contributed by atoms with Gasteiger partial charge in [0.2, 0.25) is 0 Å². The minimum Gasteiger partial charge on any atom is -0.493 e. The number of benzene rings is 2. The second-order valence-corrected chi connectivity index (χ2v) is 6.80. The van der Waals surface area contributed by atoms with E-state index < -0.39 is 11.6 Å². The number of nitrogens with one attached hydrogen (secondary N) is 1. The van der Waals surface area contributed by atoms with Gasteiger partial charge in [0.15, 0.2) is 0 Å². The van der Waals surface area contributed by atoms with E-state index >= 15 is 0 Å². The summed E-state index contributed by atoms with van der Waals surface area (Å²) in [5, 5.41) is 12.2. The number of nitriles is 1. The van der Waals surface area contributed by atoms with Gasteiger partial charge in [-0.2, -0.15) is 5.26 Å². The first-order valence-electron chi connectivity index (χ1n) is 8.47. The van der Waals surface area contributed by atoms with Gasteiger partial charge in [-0.25, -0.2) is 4.79 Å². The van der Waals surface area contributed by atoms with Crippen molar-refractivity contribution in [2.24, 2.45) is 0 Å². The Labute approximate surface area is 162 Å². The van der Waals surface area contributed by atoms with E-state index in [9.17, 15) is 9.59 Å².